The van der Waals surface area contributed by atoms with Crippen LogP contribution < -0.4 is 5.32 Å². The fraction of sp³-hybridized carbons (Fsp3) is 0. The van der Waals surface area contributed by atoms with Crippen molar-refractivity contribution in [3.63, 3.8) is 0 Å². The smallest absolute Gasteiger partial charge is 0.324 e. The number of amides is 3. The Labute approximate surface area is 173 Å². The molecule has 3 amide bonds. The van der Waals surface area contributed by atoms with E-state index in [4.69, 9.17) is 16.4 Å². The van der Waals surface area contributed by atoms with Crippen molar-refractivity contribution < 1.29 is 24.0 Å². The number of nitrogens with zero attached hydrogens (tertiary/aromatic N) is 1. The van der Waals surface area contributed by atoms with Gasteiger partial charge in [-0.2, -0.15) is 0 Å². The summed E-state index contributed by atoms with van der Waals surface area (Å²) in [6.45, 7) is 0. The lowest BCUT2D eigenvalue weighted by Gasteiger charge is -2.15. The van der Waals surface area contributed by atoms with Gasteiger partial charge < -0.3 is 10.2 Å². The average Bonchev–Trinajstić information content (AvgIpc) is 3.32. The number of carbonyl (C=O) groups is 4. The van der Waals surface area contributed by atoms with Gasteiger partial charge in [0.2, 0.25) is 0 Å². The van der Waals surface area contributed by atoms with E-state index in [-0.39, 0.29) is 27.4 Å². The number of hydrogen-bond acceptors (Lipinski definition) is 6. The lowest BCUT2D eigenvalue weighted by atomic mass is 10.1. The van der Waals surface area contributed by atoms with Gasteiger partial charge in [-0.05, 0) is 41.8 Å². The molecule has 7 nitrogen and oxygen atoms in total. The van der Waals surface area contributed by atoms with E-state index in [9.17, 15) is 19.2 Å². The SMILES string of the molecule is O=C(Nc1cc(Cl)ccc1C(=O)ON1C(=O)c2ccccc2C1=O)c1cccs1. The first-order valence-corrected chi connectivity index (χ1v) is 9.56. The Morgan fingerprint density at radius 2 is 1.66 bits per heavy atom. The average molecular weight is 427 g/mol. The minimum atomic E-state index is -0.988. The summed E-state index contributed by atoms with van der Waals surface area (Å²) in [7, 11) is 0. The third-order valence-corrected chi connectivity index (χ3v) is 5.23. The second-order valence-electron chi connectivity index (χ2n) is 5.95. The number of hydrogen-bond donors (Lipinski definition) is 1. The minimum absolute atomic E-state index is 0.0594. The maximum Gasteiger partial charge on any atom is 0.366 e. The van der Waals surface area contributed by atoms with Gasteiger partial charge in [0.15, 0.2) is 0 Å². The molecule has 0 fully saturated rings. The molecule has 1 aliphatic heterocycles. The molecule has 0 saturated carbocycles. The van der Waals surface area contributed by atoms with Crippen LogP contribution in [-0.4, -0.2) is 28.8 Å². The maximum atomic E-state index is 12.7. The monoisotopic (exact) mass is 426 g/mol. The van der Waals surface area contributed by atoms with Crippen molar-refractivity contribution in [2.75, 3.05) is 5.32 Å². The molecule has 0 spiro atoms. The van der Waals surface area contributed by atoms with E-state index < -0.39 is 23.7 Å². The van der Waals surface area contributed by atoms with Gasteiger partial charge in [-0.1, -0.05) is 34.9 Å². The topological polar surface area (TPSA) is 92.8 Å². The number of carbonyl (C=O) groups excluding carboxylic acids is 4. The first kappa shape index (κ1) is 18.9. The van der Waals surface area contributed by atoms with Gasteiger partial charge in [-0.25, -0.2) is 4.79 Å². The molecule has 0 bridgehead atoms. The van der Waals surface area contributed by atoms with Crippen molar-refractivity contribution >= 4 is 52.3 Å². The summed E-state index contributed by atoms with van der Waals surface area (Å²) in [5, 5.41) is 5.03. The Bertz CT molecular complexity index is 1120. The Morgan fingerprint density at radius 3 is 2.28 bits per heavy atom. The Balaban J connectivity index is 1.59. The van der Waals surface area contributed by atoms with Crippen molar-refractivity contribution in [1.29, 1.82) is 0 Å². The molecule has 1 N–H and O–H groups in total. The summed E-state index contributed by atoms with van der Waals surface area (Å²) < 4.78 is 0. The molecule has 1 aromatic heterocycles. The molecule has 0 atom stereocenters. The van der Waals surface area contributed by atoms with Crippen LogP contribution in [0.4, 0.5) is 5.69 Å². The highest BCUT2D eigenvalue weighted by Crippen LogP contribution is 2.27. The van der Waals surface area contributed by atoms with Gasteiger partial charge in [0.1, 0.15) is 0 Å². The fourth-order valence-electron chi connectivity index (χ4n) is 2.77. The van der Waals surface area contributed by atoms with Crippen molar-refractivity contribution in [2.24, 2.45) is 0 Å². The maximum absolute atomic E-state index is 12.7. The predicted molar refractivity (Wildman–Crippen MR) is 106 cm³/mol. The summed E-state index contributed by atoms with van der Waals surface area (Å²) in [6.07, 6.45) is 0. The summed E-state index contributed by atoms with van der Waals surface area (Å²) in [6, 6.07) is 13.6. The lowest BCUT2D eigenvalue weighted by Crippen LogP contribution is -2.33. The molecule has 144 valence electrons. The molecule has 0 unspecified atom stereocenters. The van der Waals surface area contributed by atoms with E-state index in [1.165, 1.54) is 41.7 Å². The third kappa shape index (κ3) is 3.51. The third-order valence-electron chi connectivity index (χ3n) is 4.13. The molecule has 3 aromatic rings. The highest BCUT2D eigenvalue weighted by atomic mass is 35.5. The van der Waals surface area contributed by atoms with Gasteiger partial charge in [-0.15, -0.1) is 11.3 Å². The van der Waals surface area contributed by atoms with Crippen LogP contribution in [0, 0.1) is 0 Å². The minimum Gasteiger partial charge on any atom is -0.324 e. The van der Waals surface area contributed by atoms with Crippen molar-refractivity contribution in [3.8, 4) is 0 Å². The molecule has 0 radical (unpaired) electrons. The number of anilines is 1. The number of nitrogens with one attached hydrogen (secondary N) is 1. The van der Waals surface area contributed by atoms with Crippen LogP contribution >= 0.6 is 22.9 Å². The number of rotatable bonds is 4. The van der Waals surface area contributed by atoms with Crippen LogP contribution in [0.15, 0.2) is 60.0 Å². The second-order valence-corrected chi connectivity index (χ2v) is 7.33. The molecule has 0 saturated heterocycles. The Hall–Kier alpha value is -3.49. The number of thiophene rings is 1. The van der Waals surface area contributed by atoms with E-state index in [0.717, 1.165) is 0 Å². The Kier molecular flexibility index (Phi) is 4.87. The van der Waals surface area contributed by atoms with Gasteiger partial charge in [-0.3, -0.25) is 14.4 Å². The summed E-state index contributed by atoms with van der Waals surface area (Å²) in [5.74, 6) is -2.90. The number of imide groups is 1. The molecule has 1 aliphatic rings. The van der Waals surface area contributed by atoms with E-state index in [2.05, 4.69) is 5.32 Å². The quantitative estimate of drug-likeness (QED) is 0.636. The second kappa shape index (κ2) is 7.50. The van der Waals surface area contributed by atoms with Crippen molar-refractivity contribution in [3.05, 3.63) is 86.6 Å². The van der Waals surface area contributed by atoms with Crippen molar-refractivity contribution in [1.82, 2.24) is 5.06 Å². The Morgan fingerprint density at radius 1 is 0.966 bits per heavy atom. The highest BCUT2D eigenvalue weighted by Gasteiger charge is 2.39. The number of fused-ring (bicyclic) bond motifs is 1. The predicted octanol–water partition coefficient (Wildman–Crippen LogP) is 4.02. The van der Waals surface area contributed by atoms with Crippen LogP contribution in [0.5, 0.6) is 0 Å². The summed E-state index contributed by atoms with van der Waals surface area (Å²) in [4.78, 5) is 55.3. The zero-order valence-corrected chi connectivity index (χ0v) is 16.1. The molecule has 0 aliphatic carbocycles. The van der Waals surface area contributed by atoms with E-state index >= 15 is 0 Å². The first-order chi connectivity index (χ1) is 14.0. The van der Waals surface area contributed by atoms with Gasteiger partial charge >= 0.3 is 5.97 Å². The summed E-state index contributed by atoms with van der Waals surface area (Å²) in [5.41, 5.74) is 0.327. The van der Waals surface area contributed by atoms with Gasteiger partial charge in [0.25, 0.3) is 17.7 Å². The number of benzene rings is 2. The van der Waals surface area contributed by atoms with Crippen LogP contribution in [-0.2, 0) is 4.84 Å². The molecule has 9 heteroatoms. The molecule has 2 aromatic carbocycles. The van der Waals surface area contributed by atoms with Crippen LogP contribution in [0.25, 0.3) is 0 Å². The normalized spacial score (nSPS) is 12.7. The number of halogens is 1. The van der Waals surface area contributed by atoms with E-state index in [1.54, 1.807) is 29.6 Å². The van der Waals surface area contributed by atoms with E-state index in [0.29, 0.717) is 9.94 Å². The zero-order chi connectivity index (χ0) is 20.5. The summed E-state index contributed by atoms with van der Waals surface area (Å²) >= 11 is 7.22. The zero-order valence-electron chi connectivity index (χ0n) is 14.5. The molecular formula is C20H11ClN2O5S. The molecular weight excluding hydrogens is 416 g/mol. The van der Waals surface area contributed by atoms with Crippen LogP contribution in [0.3, 0.4) is 0 Å². The molecule has 4 rings (SSSR count). The fourth-order valence-corrected chi connectivity index (χ4v) is 3.56. The number of hydroxylamine groups is 2. The molecule has 2 heterocycles. The van der Waals surface area contributed by atoms with Crippen LogP contribution in [0.2, 0.25) is 5.02 Å². The first-order valence-electron chi connectivity index (χ1n) is 8.30. The molecule has 29 heavy (non-hydrogen) atoms. The lowest BCUT2D eigenvalue weighted by molar-refractivity contribution is -0.0583. The van der Waals surface area contributed by atoms with Gasteiger partial charge in [0, 0.05) is 5.02 Å². The largest absolute Gasteiger partial charge is 0.366 e. The van der Waals surface area contributed by atoms with Gasteiger partial charge in [0.05, 0.1) is 27.3 Å². The highest BCUT2D eigenvalue weighted by molar-refractivity contribution is 7.12. The van der Waals surface area contributed by atoms with E-state index in [1.807, 2.05) is 0 Å². The standard InChI is InChI=1S/C20H11ClN2O5S/c21-11-7-8-14(15(10-11)22-17(24)16-6-3-9-29-16)20(27)28-23-18(25)12-4-1-2-5-13(12)19(23)26/h1-10H,(H,22,24). The van der Waals surface area contributed by atoms with Crippen molar-refractivity contribution in [2.45, 2.75) is 0 Å². The van der Waals surface area contributed by atoms with Crippen LogP contribution in [0.1, 0.15) is 40.7 Å².